The average molecular weight is 444 g/mol. The van der Waals surface area contributed by atoms with E-state index in [1.54, 1.807) is 25.3 Å². The lowest BCUT2D eigenvalue weighted by molar-refractivity contribution is -0.134. The number of benzene rings is 1. The van der Waals surface area contributed by atoms with E-state index in [0.29, 0.717) is 13.1 Å². The van der Waals surface area contributed by atoms with Gasteiger partial charge >= 0.3 is 0 Å². The fourth-order valence-corrected chi connectivity index (χ4v) is 4.06. The number of nitrogens with zero attached hydrogens (tertiary/aromatic N) is 6. The maximum atomic E-state index is 11.5. The van der Waals surface area contributed by atoms with Crippen molar-refractivity contribution in [2.75, 3.05) is 32.1 Å². The van der Waals surface area contributed by atoms with Gasteiger partial charge in [0.25, 0.3) is 0 Å². The standard InChI is InChI=1S/C24H25N7O2/c1-16(32)30-13-20(14-30)31-24-19(12-29-31)9-18(11-26-24)21-10-23(28-15-27-21)25-8-7-17-5-3-4-6-22(17)33-2/h3-6,9-12,15,20H,7-8,13-14H2,1-2H3,(H,25,27,28). The number of para-hydroxylation sites is 1. The number of rotatable bonds is 7. The predicted octanol–water partition coefficient (Wildman–Crippen LogP) is 2.95. The van der Waals surface area contributed by atoms with Crippen LogP contribution in [0.1, 0.15) is 18.5 Å². The molecule has 3 aromatic heterocycles. The minimum Gasteiger partial charge on any atom is -0.496 e. The molecule has 0 spiro atoms. The fraction of sp³-hybridized carbons (Fsp3) is 0.292. The summed E-state index contributed by atoms with van der Waals surface area (Å²) in [5.41, 5.74) is 3.65. The zero-order valence-corrected chi connectivity index (χ0v) is 18.6. The summed E-state index contributed by atoms with van der Waals surface area (Å²) in [5.74, 6) is 1.73. The van der Waals surface area contributed by atoms with Gasteiger partial charge in [-0.2, -0.15) is 5.10 Å². The molecule has 4 aromatic rings. The zero-order valence-electron chi connectivity index (χ0n) is 18.6. The third-order valence-corrected chi connectivity index (χ3v) is 5.94. The summed E-state index contributed by atoms with van der Waals surface area (Å²) in [4.78, 5) is 26.7. The number of hydrogen-bond donors (Lipinski definition) is 1. The summed E-state index contributed by atoms with van der Waals surface area (Å²) in [7, 11) is 1.69. The van der Waals surface area contributed by atoms with Gasteiger partial charge in [0.05, 0.1) is 25.0 Å². The van der Waals surface area contributed by atoms with E-state index in [1.807, 2.05) is 47.4 Å². The van der Waals surface area contributed by atoms with Crippen LogP contribution < -0.4 is 10.1 Å². The molecule has 1 N–H and O–H groups in total. The first-order valence-electron chi connectivity index (χ1n) is 10.9. The minimum absolute atomic E-state index is 0.0917. The molecule has 1 fully saturated rings. The molecule has 1 amide bonds. The van der Waals surface area contributed by atoms with Gasteiger partial charge in [0, 0.05) is 49.8 Å². The first kappa shape index (κ1) is 20.9. The normalized spacial score (nSPS) is 13.7. The van der Waals surface area contributed by atoms with Crippen molar-refractivity contribution in [3.05, 3.63) is 60.7 Å². The molecule has 1 saturated heterocycles. The lowest BCUT2D eigenvalue weighted by Gasteiger charge is -2.38. The SMILES string of the molecule is COc1ccccc1CCNc1cc(-c2cnc3c(cnn3C3CN(C(C)=O)C3)c2)ncn1. The molecule has 0 radical (unpaired) electrons. The highest BCUT2D eigenvalue weighted by Gasteiger charge is 2.31. The second-order valence-electron chi connectivity index (χ2n) is 8.08. The Kier molecular flexibility index (Phi) is 5.60. The van der Waals surface area contributed by atoms with E-state index in [-0.39, 0.29) is 11.9 Å². The molecular formula is C24H25N7O2. The van der Waals surface area contributed by atoms with Crippen LogP contribution in [0.15, 0.2) is 55.1 Å². The Bertz CT molecular complexity index is 1300. The Morgan fingerprint density at radius 3 is 2.82 bits per heavy atom. The fourth-order valence-electron chi connectivity index (χ4n) is 4.06. The van der Waals surface area contributed by atoms with Crippen molar-refractivity contribution < 1.29 is 9.53 Å². The van der Waals surface area contributed by atoms with Crippen molar-refractivity contribution in [1.29, 1.82) is 0 Å². The molecular weight excluding hydrogens is 418 g/mol. The van der Waals surface area contributed by atoms with Gasteiger partial charge in [-0.15, -0.1) is 0 Å². The quantitative estimate of drug-likeness (QED) is 0.469. The summed E-state index contributed by atoms with van der Waals surface area (Å²) in [6.07, 6.45) is 6.00. The first-order chi connectivity index (χ1) is 16.1. The topological polar surface area (TPSA) is 98.1 Å². The summed E-state index contributed by atoms with van der Waals surface area (Å²) < 4.78 is 7.32. The van der Waals surface area contributed by atoms with Gasteiger partial charge in [-0.05, 0) is 24.1 Å². The number of nitrogens with one attached hydrogen (secondary N) is 1. The van der Waals surface area contributed by atoms with Crippen molar-refractivity contribution in [2.45, 2.75) is 19.4 Å². The molecule has 168 valence electrons. The Morgan fingerprint density at radius 1 is 1.15 bits per heavy atom. The number of anilines is 1. The van der Waals surface area contributed by atoms with Crippen LogP contribution >= 0.6 is 0 Å². The molecule has 1 aliphatic rings. The zero-order chi connectivity index (χ0) is 22.8. The van der Waals surface area contributed by atoms with E-state index in [4.69, 9.17) is 4.74 Å². The molecule has 0 saturated carbocycles. The van der Waals surface area contributed by atoms with Crippen molar-refractivity contribution in [2.24, 2.45) is 0 Å². The lowest BCUT2D eigenvalue weighted by atomic mass is 10.1. The Labute approximate surface area is 191 Å². The molecule has 0 aliphatic carbocycles. The van der Waals surface area contributed by atoms with Crippen LogP contribution in [0.25, 0.3) is 22.3 Å². The molecule has 9 heteroatoms. The van der Waals surface area contributed by atoms with E-state index in [0.717, 1.165) is 52.4 Å². The van der Waals surface area contributed by atoms with E-state index < -0.39 is 0 Å². The maximum absolute atomic E-state index is 11.5. The van der Waals surface area contributed by atoms with E-state index >= 15 is 0 Å². The van der Waals surface area contributed by atoms with Gasteiger partial charge < -0.3 is 15.0 Å². The Hall–Kier alpha value is -4.01. The van der Waals surface area contributed by atoms with Crippen LogP contribution in [0.5, 0.6) is 5.75 Å². The monoisotopic (exact) mass is 443 g/mol. The Morgan fingerprint density at radius 2 is 2.00 bits per heavy atom. The average Bonchev–Trinajstić information content (AvgIpc) is 3.21. The largest absolute Gasteiger partial charge is 0.496 e. The molecule has 4 heterocycles. The molecule has 0 bridgehead atoms. The van der Waals surface area contributed by atoms with E-state index in [1.165, 1.54) is 0 Å². The first-order valence-corrected chi connectivity index (χ1v) is 10.9. The van der Waals surface area contributed by atoms with Crippen LogP contribution in [0.2, 0.25) is 0 Å². The Balaban J connectivity index is 1.28. The number of aromatic nitrogens is 5. The number of carbonyl (C=O) groups excluding carboxylic acids is 1. The minimum atomic E-state index is 0.0917. The van der Waals surface area contributed by atoms with Gasteiger partial charge in [-0.1, -0.05) is 18.2 Å². The number of amides is 1. The van der Waals surface area contributed by atoms with Crippen LogP contribution in [-0.4, -0.2) is 62.3 Å². The summed E-state index contributed by atoms with van der Waals surface area (Å²) in [6.45, 7) is 3.65. The highest BCUT2D eigenvalue weighted by atomic mass is 16.5. The number of ether oxygens (including phenoxy) is 1. The van der Waals surface area contributed by atoms with E-state index in [9.17, 15) is 4.79 Å². The van der Waals surface area contributed by atoms with Gasteiger partial charge in [-0.3, -0.25) is 4.79 Å². The molecule has 5 rings (SSSR count). The van der Waals surface area contributed by atoms with Gasteiger partial charge in [-0.25, -0.2) is 19.6 Å². The summed E-state index contributed by atoms with van der Waals surface area (Å²) in [5, 5.41) is 8.81. The smallest absolute Gasteiger partial charge is 0.219 e. The van der Waals surface area contributed by atoms with Gasteiger partial charge in [0.2, 0.25) is 5.91 Å². The number of hydrogen-bond acceptors (Lipinski definition) is 7. The second-order valence-corrected chi connectivity index (χ2v) is 8.08. The van der Waals surface area contributed by atoms with E-state index in [2.05, 4.69) is 31.4 Å². The molecule has 33 heavy (non-hydrogen) atoms. The van der Waals surface area contributed by atoms with Crippen LogP contribution in [-0.2, 0) is 11.2 Å². The predicted molar refractivity (Wildman–Crippen MR) is 125 cm³/mol. The lowest BCUT2D eigenvalue weighted by Crippen LogP contribution is -2.50. The second kappa shape index (κ2) is 8.85. The number of fused-ring (bicyclic) bond motifs is 1. The molecule has 1 aromatic carbocycles. The van der Waals surface area contributed by atoms with Crippen molar-refractivity contribution in [3.8, 4) is 17.0 Å². The van der Waals surface area contributed by atoms with Crippen LogP contribution in [0.3, 0.4) is 0 Å². The third-order valence-electron chi connectivity index (χ3n) is 5.94. The van der Waals surface area contributed by atoms with Crippen molar-refractivity contribution in [1.82, 2.24) is 29.6 Å². The van der Waals surface area contributed by atoms with Gasteiger partial charge in [0.1, 0.15) is 17.9 Å². The van der Waals surface area contributed by atoms with Gasteiger partial charge in [0.15, 0.2) is 5.65 Å². The maximum Gasteiger partial charge on any atom is 0.219 e. The number of likely N-dealkylation sites (tertiary alicyclic amines) is 1. The number of pyridine rings is 1. The van der Waals surface area contributed by atoms with Crippen LogP contribution in [0, 0.1) is 0 Å². The van der Waals surface area contributed by atoms with Crippen molar-refractivity contribution >= 4 is 22.8 Å². The molecule has 1 aliphatic heterocycles. The highest BCUT2D eigenvalue weighted by molar-refractivity contribution is 5.80. The number of carbonyl (C=O) groups is 1. The highest BCUT2D eigenvalue weighted by Crippen LogP contribution is 2.27. The summed E-state index contributed by atoms with van der Waals surface area (Å²) in [6, 6.07) is 12.1. The van der Waals surface area contributed by atoms with Crippen LogP contribution in [0.4, 0.5) is 5.82 Å². The number of methoxy groups -OCH3 is 1. The molecule has 0 atom stereocenters. The molecule has 0 unspecified atom stereocenters. The molecule has 9 nitrogen and oxygen atoms in total. The van der Waals surface area contributed by atoms with Crippen molar-refractivity contribution in [3.63, 3.8) is 0 Å². The third kappa shape index (κ3) is 4.21. The summed E-state index contributed by atoms with van der Waals surface area (Å²) >= 11 is 0.